The van der Waals surface area contributed by atoms with Gasteiger partial charge in [0.25, 0.3) is 0 Å². The summed E-state index contributed by atoms with van der Waals surface area (Å²) in [5.41, 5.74) is 1.88. The largest absolute Gasteiger partial charge is 0.467 e. The first-order valence-corrected chi connectivity index (χ1v) is 14.4. The van der Waals surface area contributed by atoms with E-state index >= 15 is 0 Å². The Hall–Kier alpha value is -3.24. The highest BCUT2D eigenvalue weighted by atomic mass is 32.2. The van der Waals surface area contributed by atoms with Gasteiger partial charge < -0.3 is 14.1 Å². The quantitative estimate of drug-likeness (QED) is 0.332. The van der Waals surface area contributed by atoms with Crippen LogP contribution < -0.4 is 0 Å². The Morgan fingerprint density at radius 2 is 1.63 bits per heavy atom. The molecule has 202 valence electrons. The summed E-state index contributed by atoms with van der Waals surface area (Å²) in [5.74, 6) is 0.383. The van der Waals surface area contributed by atoms with Crippen molar-refractivity contribution in [2.45, 2.75) is 13.0 Å². The second-order valence-corrected chi connectivity index (χ2v) is 11.0. The second-order valence-electron chi connectivity index (χ2n) is 9.18. The lowest BCUT2D eigenvalue weighted by atomic mass is 10.1. The fourth-order valence-electron chi connectivity index (χ4n) is 4.23. The Labute approximate surface area is 225 Å². The van der Waals surface area contributed by atoms with Crippen molar-refractivity contribution in [2.75, 3.05) is 52.5 Å². The molecule has 1 saturated heterocycles. The van der Waals surface area contributed by atoms with E-state index in [9.17, 15) is 13.2 Å². The van der Waals surface area contributed by atoms with Crippen LogP contribution in [0.15, 0.2) is 88.9 Å². The van der Waals surface area contributed by atoms with Crippen LogP contribution >= 0.6 is 0 Å². The molecule has 1 aromatic heterocycles. The number of carbonyl (C=O) groups is 1. The first-order valence-electron chi connectivity index (χ1n) is 12.9. The molecule has 1 amide bonds. The predicted octanol–water partition coefficient (Wildman–Crippen LogP) is 3.49. The second kappa shape index (κ2) is 14.1. The molecule has 0 atom stereocenters. The highest BCUT2D eigenvalue weighted by molar-refractivity contribution is 7.92. The number of amides is 1. The first-order chi connectivity index (χ1) is 18.5. The van der Waals surface area contributed by atoms with E-state index in [1.54, 1.807) is 23.3 Å². The van der Waals surface area contributed by atoms with Gasteiger partial charge in [-0.15, -0.1) is 0 Å². The molecule has 0 bridgehead atoms. The van der Waals surface area contributed by atoms with E-state index in [2.05, 4.69) is 4.90 Å². The zero-order valence-corrected chi connectivity index (χ0v) is 22.3. The summed E-state index contributed by atoms with van der Waals surface area (Å²) >= 11 is 0. The highest BCUT2D eigenvalue weighted by Crippen LogP contribution is 2.13. The molecule has 0 saturated carbocycles. The molecule has 1 aliphatic rings. The van der Waals surface area contributed by atoms with Crippen molar-refractivity contribution in [3.63, 3.8) is 0 Å². The molecule has 2 heterocycles. The molecule has 0 aliphatic carbocycles. The molecule has 38 heavy (non-hydrogen) atoms. The number of hydrogen-bond acceptors (Lipinski definition) is 6. The fraction of sp³-hybridized carbons (Fsp3) is 0.345. The van der Waals surface area contributed by atoms with Gasteiger partial charge in [-0.2, -0.15) is 4.31 Å². The fourth-order valence-corrected chi connectivity index (χ4v) is 5.36. The Morgan fingerprint density at radius 3 is 2.32 bits per heavy atom. The lowest BCUT2D eigenvalue weighted by Gasteiger charge is -2.30. The maximum Gasteiger partial charge on any atom is 0.238 e. The van der Waals surface area contributed by atoms with Crippen LogP contribution in [0.25, 0.3) is 6.08 Å². The number of furan rings is 1. The van der Waals surface area contributed by atoms with Crippen LogP contribution in [0.2, 0.25) is 0 Å². The van der Waals surface area contributed by atoms with Gasteiger partial charge in [-0.1, -0.05) is 60.7 Å². The number of ether oxygens (including phenoxy) is 1. The van der Waals surface area contributed by atoms with Gasteiger partial charge in [-0.25, -0.2) is 8.42 Å². The summed E-state index contributed by atoms with van der Waals surface area (Å²) in [7, 11) is -3.86. The van der Waals surface area contributed by atoms with Crippen molar-refractivity contribution in [1.82, 2.24) is 14.1 Å². The molecule has 0 radical (unpaired) electrons. The van der Waals surface area contributed by atoms with Crippen molar-refractivity contribution in [2.24, 2.45) is 0 Å². The van der Waals surface area contributed by atoms with Crippen LogP contribution in [0.1, 0.15) is 16.9 Å². The van der Waals surface area contributed by atoms with Crippen LogP contribution in [-0.2, 0) is 32.5 Å². The Morgan fingerprint density at radius 1 is 0.921 bits per heavy atom. The summed E-state index contributed by atoms with van der Waals surface area (Å²) < 4.78 is 39.1. The molecule has 3 aromatic rings. The van der Waals surface area contributed by atoms with Gasteiger partial charge in [0.1, 0.15) is 5.76 Å². The summed E-state index contributed by atoms with van der Waals surface area (Å²) in [6, 6.07) is 22.8. The van der Waals surface area contributed by atoms with Crippen molar-refractivity contribution < 1.29 is 22.4 Å². The molecule has 1 aliphatic heterocycles. The van der Waals surface area contributed by atoms with E-state index in [4.69, 9.17) is 9.15 Å². The molecular weight excluding hydrogens is 502 g/mol. The van der Waals surface area contributed by atoms with E-state index in [1.165, 1.54) is 9.71 Å². The number of hydrogen-bond donors (Lipinski definition) is 0. The monoisotopic (exact) mass is 537 g/mol. The van der Waals surface area contributed by atoms with Crippen LogP contribution in [0, 0.1) is 0 Å². The smallest absolute Gasteiger partial charge is 0.238 e. The topological polar surface area (TPSA) is 83.3 Å². The Kier molecular flexibility index (Phi) is 10.3. The standard InChI is InChI=1S/C29H35N3O5S/c33-29(31(24-28-12-7-20-37-28)15-13-26-8-3-1-4-9-26)25-32(17-16-30-18-21-36-22-19-30)38(34,35)23-14-27-10-5-2-6-11-27/h1-12,14,20,23H,13,15-19,21-22,24-25H2. The van der Waals surface area contributed by atoms with Gasteiger partial charge in [0.15, 0.2) is 0 Å². The molecule has 0 spiro atoms. The molecule has 2 aromatic carbocycles. The van der Waals surface area contributed by atoms with Crippen LogP contribution in [0.3, 0.4) is 0 Å². The summed E-state index contributed by atoms with van der Waals surface area (Å²) in [5, 5.41) is 1.19. The highest BCUT2D eigenvalue weighted by Gasteiger charge is 2.26. The maximum absolute atomic E-state index is 13.6. The third-order valence-corrected chi connectivity index (χ3v) is 7.98. The molecule has 0 N–H and O–H groups in total. The van der Waals surface area contributed by atoms with Crippen molar-refractivity contribution in [3.05, 3.63) is 101 Å². The van der Waals surface area contributed by atoms with Gasteiger partial charge in [-0.05, 0) is 35.8 Å². The third kappa shape index (κ3) is 8.66. The predicted molar refractivity (Wildman–Crippen MR) is 147 cm³/mol. The number of sulfonamides is 1. The van der Waals surface area contributed by atoms with Crippen molar-refractivity contribution in [1.29, 1.82) is 0 Å². The lowest BCUT2D eigenvalue weighted by molar-refractivity contribution is -0.132. The number of benzene rings is 2. The van der Waals surface area contributed by atoms with Gasteiger partial charge in [0.2, 0.25) is 15.9 Å². The van der Waals surface area contributed by atoms with Gasteiger partial charge >= 0.3 is 0 Å². The van der Waals surface area contributed by atoms with Crippen molar-refractivity contribution in [3.8, 4) is 0 Å². The number of nitrogens with zero attached hydrogens (tertiary/aromatic N) is 3. The molecule has 4 rings (SSSR count). The number of carbonyl (C=O) groups excluding carboxylic acids is 1. The minimum Gasteiger partial charge on any atom is -0.467 e. The normalized spacial score (nSPS) is 14.8. The van der Waals surface area contributed by atoms with E-state index in [1.807, 2.05) is 66.7 Å². The van der Waals surface area contributed by atoms with E-state index in [0.29, 0.717) is 38.5 Å². The number of morpholine rings is 1. The summed E-state index contributed by atoms with van der Waals surface area (Å²) in [6.45, 7) is 3.93. The lowest BCUT2D eigenvalue weighted by Crippen LogP contribution is -2.46. The molecule has 8 nitrogen and oxygen atoms in total. The van der Waals surface area contributed by atoms with Gasteiger partial charge in [0.05, 0.1) is 32.6 Å². The van der Waals surface area contributed by atoms with Crippen LogP contribution in [0.5, 0.6) is 0 Å². The average Bonchev–Trinajstić information content (AvgIpc) is 3.47. The Bertz CT molecular complexity index is 1240. The first kappa shape index (κ1) is 27.8. The zero-order chi connectivity index (χ0) is 26.6. The minimum atomic E-state index is -3.86. The molecular formula is C29H35N3O5S. The molecule has 0 unspecified atom stereocenters. The van der Waals surface area contributed by atoms with Crippen LogP contribution in [0.4, 0.5) is 0 Å². The van der Waals surface area contributed by atoms with E-state index in [0.717, 1.165) is 24.2 Å². The SMILES string of the molecule is O=C(CN(CCN1CCOCC1)S(=O)(=O)C=Cc1ccccc1)N(CCc1ccccc1)Cc1ccco1. The number of rotatable bonds is 13. The molecule has 1 fully saturated rings. The van der Waals surface area contributed by atoms with E-state index in [-0.39, 0.29) is 25.5 Å². The molecule has 9 heteroatoms. The zero-order valence-electron chi connectivity index (χ0n) is 21.5. The van der Waals surface area contributed by atoms with Gasteiger partial charge in [0, 0.05) is 38.1 Å². The van der Waals surface area contributed by atoms with Gasteiger partial charge in [-0.3, -0.25) is 9.69 Å². The average molecular weight is 538 g/mol. The summed E-state index contributed by atoms with van der Waals surface area (Å²) in [6.07, 6.45) is 3.79. The minimum absolute atomic E-state index is 0.209. The maximum atomic E-state index is 13.6. The Balaban J connectivity index is 1.50. The van der Waals surface area contributed by atoms with E-state index < -0.39 is 10.0 Å². The summed E-state index contributed by atoms with van der Waals surface area (Å²) in [4.78, 5) is 17.4. The third-order valence-electron chi connectivity index (χ3n) is 6.47. The van der Waals surface area contributed by atoms with Crippen LogP contribution in [-0.4, -0.2) is 80.9 Å². The van der Waals surface area contributed by atoms with Crippen molar-refractivity contribution >= 4 is 22.0 Å².